The van der Waals surface area contributed by atoms with Crippen molar-refractivity contribution < 1.29 is 9.18 Å². The van der Waals surface area contributed by atoms with Gasteiger partial charge in [0.15, 0.2) is 0 Å². The number of likely N-dealkylation sites (N-methyl/N-ethyl adjacent to an activating group) is 2. The summed E-state index contributed by atoms with van der Waals surface area (Å²) in [5, 5.41) is 2.96. The molecule has 1 N–H and O–H groups in total. The smallest absolute Gasteiger partial charge is 0.253 e. The van der Waals surface area contributed by atoms with Crippen LogP contribution in [0.4, 0.5) is 4.39 Å². The number of carbonyl (C=O) groups excluding carboxylic acids is 1. The normalized spacial score (nSPS) is 10.1. The second-order valence-electron chi connectivity index (χ2n) is 3.34. The molecule has 0 heterocycles. The van der Waals surface area contributed by atoms with Crippen molar-refractivity contribution in [2.45, 2.75) is 0 Å². The summed E-state index contributed by atoms with van der Waals surface area (Å²) in [5.41, 5.74) is 0.509. The zero-order chi connectivity index (χ0) is 11.3. The lowest BCUT2D eigenvalue weighted by atomic mass is 10.2. The van der Waals surface area contributed by atoms with E-state index in [0.717, 1.165) is 6.54 Å². The van der Waals surface area contributed by atoms with Crippen molar-refractivity contribution in [3.63, 3.8) is 0 Å². The van der Waals surface area contributed by atoms with Crippen LogP contribution in [0.15, 0.2) is 24.3 Å². The lowest BCUT2D eigenvalue weighted by Gasteiger charge is -2.16. The fraction of sp³-hybridized carbons (Fsp3) is 0.364. The minimum absolute atomic E-state index is 0.0924. The third kappa shape index (κ3) is 3.32. The van der Waals surface area contributed by atoms with Crippen LogP contribution in [0.3, 0.4) is 0 Å². The average molecular weight is 210 g/mol. The highest BCUT2D eigenvalue weighted by atomic mass is 19.1. The third-order valence-electron chi connectivity index (χ3n) is 2.14. The van der Waals surface area contributed by atoms with Gasteiger partial charge in [0, 0.05) is 25.7 Å². The Kier molecular flexibility index (Phi) is 4.24. The number of halogens is 1. The van der Waals surface area contributed by atoms with Gasteiger partial charge in [0.1, 0.15) is 5.82 Å². The molecule has 1 aromatic carbocycles. The summed E-state index contributed by atoms with van der Waals surface area (Å²) in [7, 11) is 3.55. The summed E-state index contributed by atoms with van der Waals surface area (Å²) < 4.78 is 12.6. The van der Waals surface area contributed by atoms with Gasteiger partial charge < -0.3 is 10.2 Å². The molecule has 0 aliphatic heterocycles. The minimum atomic E-state index is -0.329. The van der Waals surface area contributed by atoms with Crippen molar-refractivity contribution in [2.75, 3.05) is 27.2 Å². The molecule has 0 aromatic heterocycles. The molecule has 4 heteroatoms. The van der Waals surface area contributed by atoms with E-state index in [0.29, 0.717) is 12.1 Å². The summed E-state index contributed by atoms with van der Waals surface area (Å²) in [4.78, 5) is 13.3. The zero-order valence-corrected chi connectivity index (χ0v) is 8.96. The van der Waals surface area contributed by atoms with E-state index in [2.05, 4.69) is 5.32 Å². The first-order chi connectivity index (χ1) is 7.15. The molecule has 0 fully saturated rings. The van der Waals surface area contributed by atoms with Crippen LogP contribution in [0.1, 0.15) is 10.4 Å². The number of hydrogen-bond donors (Lipinski definition) is 1. The summed E-state index contributed by atoms with van der Waals surface area (Å²) in [6.45, 7) is 1.37. The molecule has 0 aliphatic rings. The fourth-order valence-corrected chi connectivity index (χ4v) is 1.19. The summed E-state index contributed by atoms with van der Waals surface area (Å²) >= 11 is 0. The van der Waals surface area contributed by atoms with Crippen LogP contribution in [0.5, 0.6) is 0 Å². The van der Waals surface area contributed by atoms with Gasteiger partial charge in [-0.2, -0.15) is 0 Å². The Morgan fingerprint density at radius 2 is 2.00 bits per heavy atom. The van der Waals surface area contributed by atoms with Crippen LogP contribution in [0.25, 0.3) is 0 Å². The largest absolute Gasteiger partial charge is 0.340 e. The Morgan fingerprint density at radius 1 is 1.40 bits per heavy atom. The van der Waals surface area contributed by atoms with Crippen LogP contribution in [-0.4, -0.2) is 38.0 Å². The standard InChI is InChI=1S/C11H15FN2O/c1-13-7-8-14(2)11(15)9-3-5-10(12)6-4-9/h3-6,13H,7-8H2,1-2H3. The molecule has 0 saturated carbocycles. The molecule has 0 bridgehead atoms. The maximum atomic E-state index is 12.6. The van der Waals surface area contributed by atoms with Crippen molar-refractivity contribution in [1.29, 1.82) is 0 Å². The molecule has 0 saturated heterocycles. The van der Waals surface area contributed by atoms with E-state index >= 15 is 0 Å². The summed E-state index contributed by atoms with van der Waals surface area (Å²) in [6, 6.07) is 5.57. The zero-order valence-electron chi connectivity index (χ0n) is 8.96. The van der Waals surface area contributed by atoms with E-state index in [1.54, 1.807) is 11.9 Å². The van der Waals surface area contributed by atoms with Gasteiger partial charge in [0.25, 0.3) is 5.91 Å². The summed E-state index contributed by atoms with van der Waals surface area (Å²) in [6.07, 6.45) is 0. The third-order valence-corrected chi connectivity index (χ3v) is 2.14. The van der Waals surface area contributed by atoms with Crippen LogP contribution in [-0.2, 0) is 0 Å². The number of rotatable bonds is 4. The van der Waals surface area contributed by atoms with Gasteiger partial charge in [-0.15, -0.1) is 0 Å². The number of hydrogen-bond acceptors (Lipinski definition) is 2. The predicted molar refractivity (Wildman–Crippen MR) is 57.3 cm³/mol. The molecule has 1 aromatic rings. The molecular weight excluding hydrogens is 195 g/mol. The fourth-order valence-electron chi connectivity index (χ4n) is 1.19. The SMILES string of the molecule is CNCCN(C)C(=O)c1ccc(F)cc1. The highest BCUT2D eigenvalue weighted by Gasteiger charge is 2.10. The Balaban J connectivity index is 2.63. The molecule has 0 radical (unpaired) electrons. The lowest BCUT2D eigenvalue weighted by Crippen LogP contribution is -2.32. The van der Waals surface area contributed by atoms with Gasteiger partial charge in [0.2, 0.25) is 0 Å². The molecule has 1 rings (SSSR count). The molecule has 82 valence electrons. The van der Waals surface area contributed by atoms with E-state index in [9.17, 15) is 9.18 Å². The molecule has 0 spiro atoms. The first kappa shape index (κ1) is 11.7. The second kappa shape index (κ2) is 5.46. The Labute approximate surface area is 88.9 Å². The molecule has 0 unspecified atom stereocenters. The van der Waals surface area contributed by atoms with E-state index in [-0.39, 0.29) is 11.7 Å². The number of nitrogens with zero attached hydrogens (tertiary/aromatic N) is 1. The Hall–Kier alpha value is -1.42. The van der Waals surface area contributed by atoms with Crippen LogP contribution >= 0.6 is 0 Å². The highest BCUT2D eigenvalue weighted by molar-refractivity contribution is 5.93. The van der Waals surface area contributed by atoms with E-state index in [1.807, 2.05) is 7.05 Å². The van der Waals surface area contributed by atoms with Crippen molar-refractivity contribution in [3.8, 4) is 0 Å². The van der Waals surface area contributed by atoms with E-state index in [4.69, 9.17) is 0 Å². The maximum absolute atomic E-state index is 12.6. The second-order valence-corrected chi connectivity index (χ2v) is 3.34. The van der Waals surface area contributed by atoms with Crippen LogP contribution in [0, 0.1) is 5.82 Å². The predicted octanol–water partition coefficient (Wildman–Crippen LogP) is 1.12. The first-order valence-electron chi connectivity index (χ1n) is 4.81. The Morgan fingerprint density at radius 3 is 2.53 bits per heavy atom. The number of nitrogens with one attached hydrogen (secondary N) is 1. The molecule has 0 aliphatic carbocycles. The molecule has 15 heavy (non-hydrogen) atoms. The number of benzene rings is 1. The quantitative estimate of drug-likeness (QED) is 0.807. The van der Waals surface area contributed by atoms with Crippen molar-refractivity contribution >= 4 is 5.91 Å². The Bertz CT molecular complexity index is 324. The van der Waals surface area contributed by atoms with Gasteiger partial charge in [-0.1, -0.05) is 0 Å². The van der Waals surface area contributed by atoms with E-state index in [1.165, 1.54) is 24.3 Å². The van der Waals surface area contributed by atoms with Crippen LogP contribution < -0.4 is 5.32 Å². The topological polar surface area (TPSA) is 32.3 Å². The van der Waals surface area contributed by atoms with Gasteiger partial charge in [-0.3, -0.25) is 4.79 Å². The van der Waals surface area contributed by atoms with Gasteiger partial charge in [-0.25, -0.2) is 4.39 Å². The molecule has 1 amide bonds. The van der Waals surface area contributed by atoms with Gasteiger partial charge >= 0.3 is 0 Å². The van der Waals surface area contributed by atoms with Crippen molar-refractivity contribution in [2.24, 2.45) is 0 Å². The number of amides is 1. The van der Waals surface area contributed by atoms with Crippen molar-refractivity contribution in [1.82, 2.24) is 10.2 Å². The van der Waals surface area contributed by atoms with E-state index < -0.39 is 0 Å². The van der Waals surface area contributed by atoms with Gasteiger partial charge in [0.05, 0.1) is 0 Å². The van der Waals surface area contributed by atoms with Crippen LogP contribution in [0.2, 0.25) is 0 Å². The average Bonchev–Trinajstić information content (AvgIpc) is 2.26. The molecule has 0 atom stereocenters. The first-order valence-corrected chi connectivity index (χ1v) is 4.81. The van der Waals surface area contributed by atoms with Crippen molar-refractivity contribution in [3.05, 3.63) is 35.6 Å². The lowest BCUT2D eigenvalue weighted by molar-refractivity contribution is 0.0797. The molecule has 3 nitrogen and oxygen atoms in total. The monoisotopic (exact) mass is 210 g/mol. The number of carbonyl (C=O) groups is 1. The highest BCUT2D eigenvalue weighted by Crippen LogP contribution is 2.05. The minimum Gasteiger partial charge on any atom is -0.340 e. The maximum Gasteiger partial charge on any atom is 0.253 e. The summed E-state index contributed by atoms with van der Waals surface area (Å²) in [5.74, 6) is -0.422. The molecular formula is C11H15FN2O. The van der Waals surface area contributed by atoms with Gasteiger partial charge in [-0.05, 0) is 31.3 Å².